The zero-order chi connectivity index (χ0) is 12.0. The van der Waals surface area contributed by atoms with Crippen LogP contribution in [0.4, 0.5) is 0 Å². The predicted octanol–water partition coefficient (Wildman–Crippen LogP) is 2.39. The molecule has 0 aromatic heterocycles. The molecular weight excluding hydrogens is 204 g/mol. The van der Waals surface area contributed by atoms with Gasteiger partial charge in [-0.3, -0.25) is 4.79 Å². The van der Waals surface area contributed by atoms with Crippen LogP contribution in [0.25, 0.3) is 0 Å². The number of carbonyl (C=O) groups is 1. The molecule has 0 atom stereocenters. The summed E-state index contributed by atoms with van der Waals surface area (Å²) < 4.78 is 10.5. The second-order valence-corrected chi connectivity index (χ2v) is 6.25. The Balaban J connectivity index is 2.36. The molecule has 16 heavy (non-hydrogen) atoms. The Hall–Kier alpha value is -0.570. The van der Waals surface area contributed by atoms with Gasteiger partial charge in [-0.15, -0.1) is 0 Å². The normalized spacial score (nSPS) is 26.5. The van der Waals surface area contributed by atoms with Gasteiger partial charge in [0.2, 0.25) is 0 Å². The lowest BCUT2D eigenvalue weighted by Gasteiger charge is -2.63. The van der Waals surface area contributed by atoms with Crippen LogP contribution in [0.3, 0.4) is 0 Å². The average Bonchev–Trinajstić information content (AvgIpc) is 2.03. The molecule has 1 saturated heterocycles. The Morgan fingerprint density at radius 1 is 1.25 bits per heavy atom. The van der Waals surface area contributed by atoms with E-state index in [2.05, 4.69) is 20.8 Å². The molecule has 0 unspecified atom stereocenters. The molecule has 1 saturated carbocycles. The molecule has 0 aromatic rings. The fourth-order valence-electron chi connectivity index (χ4n) is 3.34. The summed E-state index contributed by atoms with van der Waals surface area (Å²) in [5.74, 6) is -0.0306. The first-order valence-corrected chi connectivity index (χ1v) is 6.06. The van der Waals surface area contributed by atoms with E-state index < -0.39 is 0 Å². The van der Waals surface area contributed by atoms with Crippen LogP contribution in [0.15, 0.2) is 0 Å². The molecule has 1 heterocycles. The van der Waals surface area contributed by atoms with E-state index in [1.54, 1.807) is 0 Å². The molecule has 1 aliphatic heterocycles. The van der Waals surface area contributed by atoms with Crippen LogP contribution in [0.5, 0.6) is 0 Å². The number of methoxy groups -OCH3 is 1. The summed E-state index contributed by atoms with van der Waals surface area (Å²) in [6, 6.07) is 0. The van der Waals surface area contributed by atoms with Crippen LogP contribution in [-0.2, 0) is 14.3 Å². The molecule has 0 N–H and O–H groups in total. The largest absolute Gasteiger partial charge is 0.469 e. The van der Waals surface area contributed by atoms with Crippen molar-refractivity contribution in [2.75, 3.05) is 20.3 Å². The van der Waals surface area contributed by atoms with Crippen LogP contribution in [-0.4, -0.2) is 26.3 Å². The Kier molecular flexibility index (Phi) is 2.57. The Bertz CT molecular complexity index is 293. The summed E-state index contributed by atoms with van der Waals surface area (Å²) >= 11 is 0. The molecule has 2 rings (SSSR count). The number of carbonyl (C=O) groups excluding carboxylic acids is 1. The van der Waals surface area contributed by atoms with Crippen molar-refractivity contribution in [2.24, 2.45) is 16.2 Å². The molecule has 0 bridgehead atoms. The quantitative estimate of drug-likeness (QED) is 0.678. The van der Waals surface area contributed by atoms with E-state index in [-0.39, 0.29) is 22.2 Å². The molecule has 2 fully saturated rings. The molecule has 0 amide bonds. The van der Waals surface area contributed by atoms with Crippen molar-refractivity contribution in [2.45, 2.75) is 40.0 Å². The first kappa shape index (κ1) is 11.9. The van der Waals surface area contributed by atoms with Crippen LogP contribution < -0.4 is 0 Å². The van der Waals surface area contributed by atoms with Crippen molar-refractivity contribution in [3.8, 4) is 0 Å². The lowest BCUT2D eigenvalue weighted by molar-refractivity contribution is -0.262. The fourth-order valence-corrected chi connectivity index (χ4v) is 3.34. The van der Waals surface area contributed by atoms with E-state index in [0.717, 1.165) is 19.3 Å². The Labute approximate surface area is 97.5 Å². The molecule has 0 aromatic carbocycles. The van der Waals surface area contributed by atoms with Gasteiger partial charge in [0.25, 0.3) is 0 Å². The highest BCUT2D eigenvalue weighted by atomic mass is 16.5. The lowest BCUT2D eigenvalue weighted by atomic mass is 9.44. The smallest absolute Gasteiger partial charge is 0.312 e. The van der Waals surface area contributed by atoms with Gasteiger partial charge in [0.1, 0.15) is 0 Å². The topological polar surface area (TPSA) is 35.5 Å². The molecule has 2 aliphatic rings. The summed E-state index contributed by atoms with van der Waals surface area (Å²) in [6.07, 6.45) is 3.05. The van der Waals surface area contributed by atoms with E-state index in [9.17, 15) is 4.79 Å². The number of esters is 1. The first-order chi connectivity index (χ1) is 7.40. The predicted molar refractivity (Wildman–Crippen MR) is 61.0 cm³/mol. The number of hydrogen-bond donors (Lipinski definition) is 0. The Morgan fingerprint density at radius 3 is 2.00 bits per heavy atom. The maximum absolute atomic E-state index is 12.1. The van der Waals surface area contributed by atoms with Gasteiger partial charge in [-0.25, -0.2) is 0 Å². The van der Waals surface area contributed by atoms with E-state index >= 15 is 0 Å². The lowest BCUT2D eigenvalue weighted by Crippen LogP contribution is -2.67. The van der Waals surface area contributed by atoms with Crippen molar-refractivity contribution in [3.05, 3.63) is 0 Å². The minimum absolute atomic E-state index is 0.0225. The van der Waals surface area contributed by atoms with Gasteiger partial charge in [-0.2, -0.15) is 0 Å². The molecule has 1 aliphatic carbocycles. The minimum atomic E-state index is -0.280. The minimum Gasteiger partial charge on any atom is -0.469 e. The Morgan fingerprint density at radius 2 is 1.81 bits per heavy atom. The summed E-state index contributed by atoms with van der Waals surface area (Å²) in [7, 11) is 1.50. The van der Waals surface area contributed by atoms with E-state index in [1.165, 1.54) is 7.11 Å². The highest BCUT2D eigenvalue weighted by Gasteiger charge is 2.68. The fraction of sp³-hybridized carbons (Fsp3) is 0.923. The zero-order valence-corrected chi connectivity index (χ0v) is 10.8. The van der Waals surface area contributed by atoms with Crippen LogP contribution in [0, 0.1) is 16.2 Å². The average molecular weight is 226 g/mol. The van der Waals surface area contributed by atoms with Gasteiger partial charge in [0.15, 0.2) is 0 Å². The monoisotopic (exact) mass is 226 g/mol. The van der Waals surface area contributed by atoms with Gasteiger partial charge in [-0.05, 0) is 18.3 Å². The third kappa shape index (κ3) is 1.21. The van der Waals surface area contributed by atoms with Crippen LogP contribution in [0.2, 0.25) is 0 Å². The van der Waals surface area contributed by atoms with Gasteiger partial charge >= 0.3 is 5.97 Å². The van der Waals surface area contributed by atoms with Gasteiger partial charge in [-0.1, -0.05) is 27.2 Å². The second kappa shape index (κ2) is 3.46. The second-order valence-electron chi connectivity index (χ2n) is 6.25. The summed E-state index contributed by atoms with van der Waals surface area (Å²) in [5, 5.41) is 0. The van der Waals surface area contributed by atoms with Crippen molar-refractivity contribution in [3.63, 3.8) is 0 Å². The molecule has 3 heteroatoms. The highest BCUT2D eigenvalue weighted by Crippen LogP contribution is 2.64. The molecule has 3 nitrogen and oxygen atoms in total. The third-order valence-electron chi connectivity index (χ3n) is 4.83. The van der Waals surface area contributed by atoms with Crippen molar-refractivity contribution in [1.82, 2.24) is 0 Å². The zero-order valence-electron chi connectivity index (χ0n) is 10.8. The molecule has 92 valence electrons. The number of rotatable bonds is 2. The number of hydrogen-bond acceptors (Lipinski definition) is 3. The SMILES string of the molecule is COC(=O)C1(C2(C(C)(C)C)COC2)CCC1. The summed E-state index contributed by atoms with van der Waals surface area (Å²) in [6.45, 7) is 8.02. The maximum Gasteiger partial charge on any atom is 0.312 e. The van der Waals surface area contributed by atoms with Gasteiger partial charge in [0.05, 0.1) is 25.7 Å². The van der Waals surface area contributed by atoms with Crippen molar-refractivity contribution in [1.29, 1.82) is 0 Å². The first-order valence-electron chi connectivity index (χ1n) is 6.06. The maximum atomic E-state index is 12.1. The summed E-state index contributed by atoms with van der Waals surface area (Å²) in [5.41, 5.74) is -0.219. The molecular formula is C13H22O3. The van der Waals surface area contributed by atoms with Crippen molar-refractivity contribution >= 4 is 5.97 Å². The van der Waals surface area contributed by atoms with E-state index in [4.69, 9.17) is 9.47 Å². The van der Waals surface area contributed by atoms with E-state index in [1.807, 2.05) is 0 Å². The van der Waals surface area contributed by atoms with E-state index in [0.29, 0.717) is 13.2 Å². The van der Waals surface area contributed by atoms with Crippen molar-refractivity contribution < 1.29 is 14.3 Å². The van der Waals surface area contributed by atoms with Crippen LogP contribution in [0.1, 0.15) is 40.0 Å². The van der Waals surface area contributed by atoms with Crippen LogP contribution >= 0.6 is 0 Å². The third-order valence-corrected chi connectivity index (χ3v) is 4.83. The standard InChI is InChI=1S/C13H22O3/c1-11(2,3)13(8-16-9-13)12(6-5-7-12)10(14)15-4/h5-9H2,1-4H3. The summed E-state index contributed by atoms with van der Waals surface area (Å²) in [4.78, 5) is 12.1. The number of ether oxygens (including phenoxy) is 2. The molecule has 0 radical (unpaired) electrons. The van der Waals surface area contributed by atoms with Gasteiger partial charge < -0.3 is 9.47 Å². The molecule has 0 spiro atoms. The highest BCUT2D eigenvalue weighted by molar-refractivity contribution is 5.79. The van der Waals surface area contributed by atoms with Gasteiger partial charge in [0, 0.05) is 5.41 Å².